The minimum atomic E-state index is -0.827. The molecular weight excluding hydrogens is 394 g/mol. The molecule has 0 amide bonds. The van der Waals surface area contributed by atoms with Crippen molar-refractivity contribution in [3.05, 3.63) is 89.5 Å². The number of hydrogen-bond donors (Lipinski definition) is 2. The van der Waals surface area contributed by atoms with Crippen molar-refractivity contribution in [1.29, 1.82) is 0 Å². The Morgan fingerprint density at radius 2 is 1.61 bits per heavy atom. The highest BCUT2D eigenvalue weighted by molar-refractivity contribution is 5.96. The molecule has 0 aliphatic carbocycles. The molecule has 0 atom stereocenters. The van der Waals surface area contributed by atoms with E-state index in [4.69, 9.17) is 24.7 Å². The van der Waals surface area contributed by atoms with Crippen LogP contribution in [0.1, 0.15) is 23.1 Å². The summed E-state index contributed by atoms with van der Waals surface area (Å²) in [6.45, 7) is 0.675. The third kappa shape index (κ3) is 6.60. The molecule has 0 bridgehead atoms. The van der Waals surface area contributed by atoms with E-state index in [0.717, 1.165) is 22.4 Å². The van der Waals surface area contributed by atoms with E-state index in [1.54, 1.807) is 13.2 Å². The van der Waals surface area contributed by atoms with Crippen LogP contribution in [0.4, 0.5) is 0 Å². The molecule has 3 aromatic carbocycles. The van der Waals surface area contributed by atoms with Crippen LogP contribution in [-0.2, 0) is 17.8 Å². The van der Waals surface area contributed by atoms with E-state index in [1.165, 1.54) is 0 Å². The summed E-state index contributed by atoms with van der Waals surface area (Å²) in [5.41, 5.74) is 3.49. The van der Waals surface area contributed by atoms with Crippen LogP contribution >= 0.6 is 0 Å². The van der Waals surface area contributed by atoms with Crippen molar-refractivity contribution in [1.82, 2.24) is 0 Å². The molecule has 0 saturated carbocycles. The standard InChI is InChI=1S/C25H25NO5/c1-29-24-15-18(10-14-25(27)28)9-13-23(24)31-16-19-7-11-21(12-8-19)30-17-22(26)20-5-3-2-4-6-20/h2-9,11-13,15,26H,10,14,16-17H2,1H3,(H,27,28)/p+1. The maximum absolute atomic E-state index is 10.7. The molecule has 0 fully saturated rings. The van der Waals surface area contributed by atoms with E-state index in [1.807, 2.05) is 66.7 Å². The largest absolute Gasteiger partial charge is 0.493 e. The molecule has 160 valence electrons. The molecule has 0 unspecified atom stereocenters. The number of hydrogen-bond acceptors (Lipinski definition) is 4. The van der Waals surface area contributed by atoms with E-state index in [9.17, 15) is 4.79 Å². The van der Waals surface area contributed by atoms with Gasteiger partial charge in [0.15, 0.2) is 18.1 Å². The normalized spacial score (nSPS) is 10.4. The predicted octanol–water partition coefficient (Wildman–Crippen LogP) is 2.92. The van der Waals surface area contributed by atoms with Gasteiger partial charge in [0, 0.05) is 12.0 Å². The Balaban J connectivity index is 1.53. The van der Waals surface area contributed by atoms with Crippen LogP contribution in [0.2, 0.25) is 0 Å². The molecular formula is C25H26NO5+. The van der Waals surface area contributed by atoms with Crippen molar-refractivity contribution in [2.75, 3.05) is 13.7 Å². The first-order valence-corrected chi connectivity index (χ1v) is 9.95. The van der Waals surface area contributed by atoms with Crippen LogP contribution in [-0.4, -0.2) is 30.5 Å². The second kappa shape index (κ2) is 10.8. The van der Waals surface area contributed by atoms with Gasteiger partial charge >= 0.3 is 5.97 Å². The first-order chi connectivity index (χ1) is 15.0. The summed E-state index contributed by atoms with van der Waals surface area (Å²) < 4.78 is 17.0. The number of benzene rings is 3. The van der Waals surface area contributed by atoms with Gasteiger partial charge in [0.2, 0.25) is 5.71 Å². The number of aryl methyl sites for hydroxylation is 1. The first-order valence-electron chi connectivity index (χ1n) is 9.95. The van der Waals surface area contributed by atoms with Crippen LogP contribution in [0.5, 0.6) is 17.2 Å². The van der Waals surface area contributed by atoms with Crippen LogP contribution < -0.4 is 19.6 Å². The maximum atomic E-state index is 10.7. The highest BCUT2D eigenvalue weighted by Gasteiger charge is 2.09. The molecule has 3 N–H and O–H groups in total. The monoisotopic (exact) mass is 420 g/mol. The summed E-state index contributed by atoms with van der Waals surface area (Å²) in [4.78, 5) is 10.7. The lowest BCUT2D eigenvalue weighted by Gasteiger charge is -2.12. The van der Waals surface area contributed by atoms with E-state index in [2.05, 4.69) is 0 Å². The summed E-state index contributed by atoms with van der Waals surface area (Å²) >= 11 is 0. The number of aliphatic carboxylic acids is 1. The Hall–Kier alpha value is -3.80. The zero-order chi connectivity index (χ0) is 22.1. The Morgan fingerprint density at radius 3 is 2.29 bits per heavy atom. The molecule has 0 heterocycles. The predicted molar refractivity (Wildman–Crippen MR) is 118 cm³/mol. The van der Waals surface area contributed by atoms with Crippen LogP contribution in [0.15, 0.2) is 72.8 Å². The van der Waals surface area contributed by atoms with Gasteiger partial charge in [0.05, 0.1) is 7.11 Å². The third-order valence-electron chi connectivity index (χ3n) is 4.71. The zero-order valence-corrected chi connectivity index (χ0v) is 17.4. The Labute approximate surface area is 181 Å². The first kappa shape index (κ1) is 21.9. The molecule has 0 radical (unpaired) electrons. The van der Waals surface area contributed by atoms with Gasteiger partial charge in [-0.3, -0.25) is 10.2 Å². The van der Waals surface area contributed by atoms with Gasteiger partial charge in [0.1, 0.15) is 12.4 Å². The van der Waals surface area contributed by atoms with Crippen LogP contribution in [0.25, 0.3) is 0 Å². The number of nitrogens with two attached hydrogens (primary N) is 1. The summed E-state index contributed by atoms with van der Waals surface area (Å²) in [5.74, 6) is 1.08. The molecule has 31 heavy (non-hydrogen) atoms. The zero-order valence-electron chi connectivity index (χ0n) is 17.4. The summed E-state index contributed by atoms with van der Waals surface area (Å²) in [7, 11) is 1.56. The number of ether oxygens (including phenoxy) is 3. The van der Waals surface area contributed by atoms with Crippen molar-refractivity contribution >= 4 is 11.7 Å². The Kier molecular flexibility index (Phi) is 7.65. The van der Waals surface area contributed by atoms with Crippen LogP contribution in [0, 0.1) is 0 Å². The van der Waals surface area contributed by atoms with E-state index in [0.29, 0.717) is 36.8 Å². The lowest BCUT2D eigenvalue weighted by Crippen LogP contribution is -2.43. The van der Waals surface area contributed by atoms with Crippen molar-refractivity contribution < 1.29 is 29.5 Å². The fourth-order valence-corrected chi connectivity index (χ4v) is 2.98. The lowest BCUT2D eigenvalue weighted by atomic mass is 10.1. The Morgan fingerprint density at radius 1 is 0.903 bits per heavy atom. The summed E-state index contributed by atoms with van der Waals surface area (Å²) in [6, 6.07) is 22.8. The highest BCUT2D eigenvalue weighted by atomic mass is 16.5. The fraction of sp³-hybridized carbons (Fsp3) is 0.200. The second-order valence-corrected chi connectivity index (χ2v) is 6.99. The minimum Gasteiger partial charge on any atom is -0.493 e. The van der Waals surface area contributed by atoms with Gasteiger partial charge in [-0.25, -0.2) is 0 Å². The van der Waals surface area contributed by atoms with Crippen molar-refractivity contribution in [3.8, 4) is 17.2 Å². The second-order valence-electron chi connectivity index (χ2n) is 6.99. The molecule has 0 saturated heterocycles. The van der Waals surface area contributed by atoms with Crippen LogP contribution in [0.3, 0.4) is 0 Å². The average Bonchev–Trinajstić information content (AvgIpc) is 2.81. The number of methoxy groups -OCH3 is 1. The summed E-state index contributed by atoms with van der Waals surface area (Å²) in [6.07, 6.45) is 0.520. The number of carboxylic acid groups (broad SMARTS) is 1. The average molecular weight is 420 g/mol. The van der Waals surface area contributed by atoms with E-state index in [-0.39, 0.29) is 6.42 Å². The SMILES string of the molecule is COc1cc(CCC(=O)O)ccc1OCc1ccc(OCC(=[NH2+])c2ccccc2)cc1. The van der Waals surface area contributed by atoms with Crippen molar-refractivity contribution in [2.24, 2.45) is 0 Å². The molecule has 3 aromatic rings. The van der Waals surface area contributed by atoms with Gasteiger partial charge in [-0.15, -0.1) is 0 Å². The maximum Gasteiger partial charge on any atom is 0.303 e. The number of carbonyl (C=O) groups is 1. The third-order valence-corrected chi connectivity index (χ3v) is 4.71. The van der Waals surface area contributed by atoms with Gasteiger partial charge in [-0.2, -0.15) is 0 Å². The molecule has 6 heteroatoms. The molecule has 0 aliphatic rings. The molecule has 0 aromatic heterocycles. The van der Waals surface area contributed by atoms with Crippen molar-refractivity contribution in [2.45, 2.75) is 19.4 Å². The van der Waals surface area contributed by atoms with E-state index >= 15 is 0 Å². The van der Waals surface area contributed by atoms with Gasteiger partial charge in [-0.1, -0.05) is 36.4 Å². The quantitative estimate of drug-likeness (QED) is 0.466. The Bertz CT molecular complexity index is 1020. The number of rotatable bonds is 11. The topological polar surface area (TPSA) is 90.6 Å². The fourth-order valence-electron chi connectivity index (χ4n) is 2.98. The molecule has 3 rings (SSSR count). The van der Waals surface area contributed by atoms with E-state index < -0.39 is 5.97 Å². The molecule has 0 aliphatic heterocycles. The molecule has 6 nitrogen and oxygen atoms in total. The van der Waals surface area contributed by atoms with Crippen molar-refractivity contribution in [3.63, 3.8) is 0 Å². The van der Waals surface area contributed by atoms with Gasteiger partial charge in [0.25, 0.3) is 0 Å². The lowest BCUT2D eigenvalue weighted by molar-refractivity contribution is -0.137. The summed E-state index contributed by atoms with van der Waals surface area (Å²) in [5, 5.41) is 14.9. The number of carboxylic acids is 1. The smallest absolute Gasteiger partial charge is 0.303 e. The highest BCUT2D eigenvalue weighted by Crippen LogP contribution is 2.29. The van der Waals surface area contributed by atoms with Gasteiger partial charge < -0.3 is 19.3 Å². The van der Waals surface area contributed by atoms with Gasteiger partial charge in [-0.05, 0) is 53.9 Å². The molecule has 0 spiro atoms. The minimum absolute atomic E-state index is 0.0759.